The Hall–Kier alpha value is -1.17. The van der Waals surface area contributed by atoms with Gasteiger partial charge in [0.15, 0.2) is 11.6 Å². The molecule has 0 aliphatic carbocycles. The van der Waals surface area contributed by atoms with E-state index >= 15 is 0 Å². The van der Waals surface area contributed by atoms with Crippen LogP contribution in [0, 0.1) is 5.82 Å². The second kappa shape index (κ2) is 5.91. The summed E-state index contributed by atoms with van der Waals surface area (Å²) < 4.78 is 23.8. The smallest absolute Gasteiger partial charge is 0.165 e. The highest BCUT2D eigenvalue weighted by Gasteiger charge is 2.37. The number of benzene rings is 1. The lowest BCUT2D eigenvalue weighted by Crippen LogP contribution is -2.55. The van der Waals surface area contributed by atoms with Gasteiger partial charge in [-0.25, -0.2) is 4.39 Å². The van der Waals surface area contributed by atoms with Crippen LogP contribution in [0.3, 0.4) is 0 Å². The van der Waals surface area contributed by atoms with Crippen LogP contribution in [0.5, 0.6) is 5.75 Å². The molecule has 0 bridgehead atoms. The van der Waals surface area contributed by atoms with Crippen molar-refractivity contribution in [1.82, 2.24) is 4.90 Å². The maximum Gasteiger partial charge on any atom is 0.165 e. The van der Waals surface area contributed by atoms with Crippen LogP contribution < -0.4 is 4.74 Å². The predicted molar refractivity (Wildman–Crippen MR) is 77.1 cm³/mol. The van der Waals surface area contributed by atoms with Gasteiger partial charge in [-0.2, -0.15) is 0 Å². The topological polar surface area (TPSA) is 41.9 Å². The molecule has 1 N–H and O–H groups in total. The number of methoxy groups -OCH3 is 1. The third-order valence-corrected chi connectivity index (χ3v) is 4.42. The van der Waals surface area contributed by atoms with E-state index in [9.17, 15) is 9.50 Å². The molecule has 0 aromatic heterocycles. The van der Waals surface area contributed by atoms with E-state index in [4.69, 9.17) is 9.47 Å². The fourth-order valence-corrected chi connectivity index (χ4v) is 3.22. The van der Waals surface area contributed by atoms with Crippen molar-refractivity contribution >= 4 is 0 Å². The minimum Gasteiger partial charge on any atom is -0.494 e. The molecule has 2 heterocycles. The summed E-state index contributed by atoms with van der Waals surface area (Å²) in [5.41, 5.74) is 0.389. The van der Waals surface area contributed by atoms with Gasteiger partial charge in [0.25, 0.3) is 0 Å². The first-order chi connectivity index (χ1) is 10.1. The van der Waals surface area contributed by atoms with Crippen molar-refractivity contribution in [3.8, 4) is 5.75 Å². The fourth-order valence-electron chi connectivity index (χ4n) is 3.22. The summed E-state index contributed by atoms with van der Waals surface area (Å²) in [6.07, 6.45) is 1.72. The highest BCUT2D eigenvalue weighted by molar-refractivity contribution is 5.33. The Labute approximate surface area is 124 Å². The Morgan fingerprint density at radius 3 is 2.95 bits per heavy atom. The number of β-amino-alcohol motifs (C(OH)–C–C–N with tert-alkyl or cyclic N) is 1. The lowest BCUT2D eigenvalue weighted by Gasteiger charge is -2.45. The van der Waals surface area contributed by atoms with E-state index < -0.39 is 5.60 Å². The predicted octanol–water partition coefficient (Wildman–Crippen LogP) is 1.77. The number of halogens is 1. The summed E-state index contributed by atoms with van der Waals surface area (Å²) in [5, 5.41) is 10.4. The van der Waals surface area contributed by atoms with Gasteiger partial charge in [-0.3, -0.25) is 4.90 Å². The van der Waals surface area contributed by atoms with Crippen molar-refractivity contribution in [3.05, 3.63) is 29.6 Å². The molecule has 21 heavy (non-hydrogen) atoms. The fraction of sp³-hybridized carbons (Fsp3) is 0.625. The first kappa shape index (κ1) is 14.8. The van der Waals surface area contributed by atoms with Gasteiger partial charge in [0.2, 0.25) is 0 Å². The lowest BCUT2D eigenvalue weighted by atomic mass is 9.88. The Kier molecular flexibility index (Phi) is 4.15. The van der Waals surface area contributed by atoms with Crippen LogP contribution >= 0.6 is 0 Å². The SMILES string of the molecule is COc1cc(C2CN(CC3(O)CCCOC3)C2)ccc1F. The van der Waals surface area contributed by atoms with Gasteiger partial charge < -0.3 is 14.6 Å². The van der Waals surface area contributed by atoms with Crippen LogP contribution in [-0.2, 0) is 4.74 Å². The summed E-state index contributed by atoms with van der Waals surface area (Å²) in [4.78, 5) is 2.23. The van der Waals surface area contributed by atoms with Crippen LogP contribution in [0.2, 0.25) is 0 Å². The number of rotatable bonds is 4. The van der Waals surface area contributed by atoms with Crippen LogP contribution in [0.15, 0.2) is 18.2 Å². The van der Waals surface area contributed by atoms with E-state index in [0.29, 0.717) is 24.8 Å². The molecule has 2 aliphatic rings. The molecule has 1 unspecified atom stereocenters. The van der Waals surface area contributed by atoms with E-state index in [1.165, 1.54) is 13.2 Å². The first-order valence-corrected chi connectivity index (χ1v) is 7.45. The van der Waals surface area contributed by atoms with Crippen LogP contribution in [0.25, 0.3) is 0 Å². The number of nitrogens with zero attached hydrogens (tertiary/aromatic N) is 1. The molecule has 0 amide bonds. The van der Waals surface area contributed by atoms with Gasteiger partial charge in [0, 0.05) is 32.2 Å². The summed E-state index contributed by atoms with van der Waals surface area (Å²) >= 11 is 0. The highest BCUT2D eigenvalue weighted by atomic mass is 19.1. The number of likely N-dealkylation sites (tertiary alicyclic amines) is 1. The zero-order chi connectivity index (χ0) is 14.9. The Morgan fingerprint density at radius 1 is 1.48 bits per heavy atom. The van der Waals surface area contributed by atoms with Gasteiger partial charge in [0.1, 0.15) is 5.60 Å². The summed E-state index contributed by atoms with van der Waals surface area (Å²) in [6, 6.07) is 5.05. The quantitative estimate of drug-likeness (QED) is 0.919. The Morgan fingerprint density at radius 2 is 2.29 bits per heavy atom. The number of hydrogen-bond donors (Lipinski definition) is 1. The summed E-state index contributed by atoms with van der Waals surface area (Å²) in [7, 11) is 1.48. The van der Waals surface area contributed by atoms with Crippen LogP contribution in [0.4, 0.5) is 4.39 Å². The van der Waals surface area contributed by atoms with Crippen molar-refractivity contribution in [2.24, 2.45) is 0 Å². The third-order valence-electron chi connectivity index (χ3n) is 4.42. The van der Waals surface area contributed by atoms with Crippen molar-refractivity contribution in [2.75, 3.05) is 40.0 Å². The Balaban J connectivity index is 1.55. The molecule has 5 heteroatoms. The minimum absolute atomic E-state index is 0.297. The average molecular weight is 295 g/mol. The molecule has 0 saturated carbocycles. The molecule has 1 aromatic rings. The van der Waals surface area contributed by atoms with Gasteiger partial charge in [0.05, 0.1) is 13.7 Å². The number of hydrogen-bond acceptors (Lipinski definition) is 4. The highest BCUT2D eigenvalue weighted by Crippen LogP contribution is 2.32. The minimum atomic E-state index is -0.705. The van der Waals surface area contributed by atoms with Crippen molar-refractivity contribution in [3.63, 3.8) is 0 Å². The molecule has 1 aromatic carbocycles. The van der Waals surface area contributed by atoms with E-state index in [-0.39, 0.29) is 5.82 Å². The number of ether oxygens (including phenoxy) is 2. The molecule has 0 radical (unpaired) electrons. The second-order valence-electron chi connectivity index (χ2n) is 6.17. The molecule has 2 aliphatic heterocycles. The lowest BCUT2D eigenvalue weighted by molar-refractivity contribution is -0.108. The van der Waals surface area contributed by atoms with Gasteiger partial charge >= 0.3 is 0 Å². The van der Waals surface area contributed by atoms with E-state index in [1.807, 2.05) is 6.07 Å². The van der Waals surface area contributed by atoms with Crippen molar-refractivity contribution in [1.29, 1.82) is 0 Å². The van der Waals surface area contributed by atoms with Gasteiger partial charge in [-0.05, 0) is 30.5 Å². The van der Waals surface area contributed by atoms with Crippen molar-refractivity contribution < 1.29 is 19.0 Å². The normalized spacial score (nSPS) is 27.4. The monoisotopic (exact) mass is 295 g/mol. The third kappa shape index (κ3) is 3.20. The molecule has 0 spiro atoms. The maximum atomic E-state index is 13.4. The van der Waals surface area contributed by atoms with Crippen molar-refractivity contribution in [2.45, 2.75) is 24.4 Å². The van der Waals surface area contributed by atoms with Gasteiger partial charge in [-0.15, -0.1) is 0 Å². The van der Waals surface area contributed by atoms with E-state index in [0.717, 1.165) is 38.1 Å². The molecule has 3 rings (SSSR count). The van der Waals surface area contributed by atoms with Crippen LogP contribution in [-0.4, -0.2) is 55.6 Å². The first-order valence-electron chi connectivity index (χ1n) is 7.45. The largest absolute Gasteiger partial charge is 0.494 e. The molecule has 4 nitrogen and oxygen atoms in total. The van der Waals surface area contributed by atoms with Gasteiger partial charge in [-0.1, -0.05) is 6.07 Å². The molecule has 2 saturated heterocycles. The second-order valence-corrected chi connectivity index (χ2v) is 6.17. The zero-order valence-corrected chi connectivity index (χ0v) is 12.3. The standard InChI is InChI=1S/C16H22FNO3/c1-20-15-7-12(3-4-14(15)17)13-8-18(9-13)10-16(19)5-2-6-21-11-16/h3-4,7,13,19H,2,5-6,8-11H2,1H3. The molecule has 116 valence electrons. The van der Waals surface area contributed by atoms with E-state index in [2.05, 4.69) is 4.90 Å². The summed E-state index contributed by atoms with van der Waals surface area (Å²) in [6.45, 7) is 3.61. The molecule has 2 fully saturated rings. The average Bonchev–Trinajstić information content (AvgIpc) is 2.44. The maximum absolute atomic E-state index is 13.4. The molecular weight excluding hydrogens is 273 g/mol. The van der Waals surface area contributed by atoms with E-state index in [1.54, 1.807) is 6.07 Å². The van der Waals surface area contributed by atoms with Crippen LogP contribution in [0.1, 0.15) is 24.3 Å². The number of aliphatic hydroxyl groups is 1. The zero-order valence-electron chi connectivity index (χ0n) is 12.3. The summed E-state index contributed by atoms with van der Waals surface area (Å²) in [5.74, 6) is 0.351. The Bertz CT molecular complexity index is 496. The molecular formula is C16H22FNO3. The molecule has 1 atom stereocenters.